The summed E-state index contributed by atoms with van der Waals surface area (Å²) in [5, 5.41) is 10.4. The summed E-state index contributed by atoms with van der Waals surface area (Å²) in [7, 11) is 0. The molecule has 0 spiro atoms. The van der Waals surface area contributed by atoms with Gasteiger partial charge < -0.3 is 14.7 Å². The molecule has 1 saturated heterocycles. The van der Waals surface area contributed by atoms with Gasteiger partial charge in [0.25, 0.3) is 0 Å². The molecule has 0 radical (unpaired) electrons. The van der Waals surface area contributed by atoms with Gasteiger partial charge in [0.2, 0.25) is 0 Å². The van der Waals surface area contributed by atoms with Crippen molar-refractivity contribution in [2.75, 3.05) is 44.2 Å². The molecule has 3 rings (SSSR count). The van der Waals surface area contributed by atoms with E-state index >= 15 is 0 Å². The van der Waals surface area contributed by atoms with E-state index in [0.717, 1.165) is 44.8 Å². The van der Waals surface area contributed by atoms with Gasteiger partial charge in [-0.15, -0.1) is 0 Å². The van der Waals surface area contributed by atoms with Gasteiger partial charge in [0, 0.05) is 38.9 Å². The van der Waals surface area contributed by atoms with Gasteiger partial charge in [0.05, 0.1) is 18.8 Å². The number of pyridine rings is 1. The van der Waals surface area contributed by atoms with E-state index in [1.807, 2.05) is 18.3 Å². The van der Waals surface area contributed by atoms with Crippen molar-refractivity contribution in [1.29, 1.82) is 0 Å². The van der Waals surface area contributed by atoms with Crippen molar-refractivity contribution in [3.8, 4) is 0 Å². The van der Waals surface area contributed by atoms with Crippen LogP contribution < -0.4 is 4.90 Å². The lowest BCUT2D eigenvalue weighted by molar-refractivity contribution is -0.0615. The Morgan fingerprint density at radius 1 is 1.23 bits per heavy atom. The van der Waals surface area contributed by atoms with E-state index in [2.05, 4.69) is 41.6 Å². The third kappa shape index (κ3) is 5.66. The lowest BCUT2D eigenvalue weighted by atomic mass is 9.71. The zero-order chi connectivity index (χ0) is 18.6. The zero-order valence-corrected chi connectivity index (χ0v) is 16.6. The fourth-order valence-electron chi connectivity index (χ4n) is 4.68. The molecule has 2 aliphatic rings. The van der Waals surface area contributed by atoms with Crippen LogP contribution in [0.15, 0.2) is 24.4 Å². The quantitative estimate of drug-likeness (QED) is 0.844. The van der Waals surface area contributed by atoms with Crippen molar-refractivity contribution in [2.24, 2.45) is 11.3 Å². The highest BCUT2D eigenvalue weighted by Crippen LogP contribution is 2.39. The fraction of sp³-hybridized carbons (Fsp3) is 0.762. The summed E-state index contributed by atoms with van der Waals surface area (Å²) in [6.07, 6.45) is 5.24. The highest BCUT2D eigenvalue weighted by Gasteiger charge is 2.32. The summed E-state index contributed by atoms with van der Waals surface area (Å²) < 4.78 is 6.09. The molecule has 1 saturated carbocycles. The maximum absolute atomic E-state index is 10.4. The minimum atomic E-state index is -0.406. The van der Waals surface area contributed by atoms with Crippen LogP contribution in [0, 0.1) is 11.3 Å². The van der Waals surface area contributed by atoms with Crippen LogP contribution in [0.2, 0.25) is 0 Å². The molecule has 0 aromatic carbocycles. The Morgan fingerprint density at radius 2 is 2.00 bits per heavy atom. The minimum absolute atomic E-state index is 0.296. The van der Waals surface area contributed by atoms with E-state index in [-0.39, 0.29) is 0 Å². The second-order valence-electron chi connectivity index (χ2n) is 9.00. The van der Waals surface area contributed by atoms with Gasteiger partial charge in [-0.05, 0) is 42.7 Å². The van der Waals surface area contributed by atoms with Gasteiger partial charge in [-0.3, -0.25) is 4.90 Å². The first kappa shape index (κ1) is 19.6. The molecule has 146 valence electrons. The normalized spacial score (nSPS) is 28.1. The van der Waals surface area contributed by atoms with Crippen LogP contribution in [0.1, 0.15) is 40.0 Å². The van der Waals surface area contributed by atoms with E-state index in [1.54, 1.807) is 0 Å². The molecular formula is C21H35N3O2. The Bertz CT molecular complexity index is 543. The smallest absolute Gasteiger partial charge is 0.128 e. The SMILES string of the molecule is C[C@@H]1C[C@H](OC[C@H](O)CN2CCN(c3ccccn3)CC2)CC(C)(C)C1. The number of anilines is 1. The average Bonchev–Trinajstić information content (AvgIpc) is 2.60. The zero-order valence-electron chi connectivity index (χ0n) is 16.6. The van der Waals surface area contributed by atoms with Crippen LogP contribution in [0.25, 0.3) is 0 Å². The van der Waals surface area contributed by atoms with Gasteiger partial charge in [-0.1, -0.05) is 26.8 Å². The number of piperazine rings is 1. The average molecular weight is 362 g/mol. The van der Waals surface area contributed by atoms with Gasteiger partial charge in [-0.2, -0.15) is 0 Å². The second-order valence-corrected chi connectivity index (χ2v) is 9.00. The van der Waals surface area contributed by atoms with Crippen LogP contribution in [0.3, 0.4) is 0 Å². The molecule has 0 unspecified atom stereocenters. The van der Waals surface area contributed by atoms with Crippen molar-refractivity contribution in [1.82, 2.24) is 9.88 Å². The van der Waals surface area contributed by atoms with Crippen LogP contribution >= 0.6 is 0 Å². The summed E-state index contributed by atoms with van der Waals surface area (Å²) in [6, 6.07) is 6.04. The topological polar surface area (TPSA) is 48.8 Å². The van der Waals surface area contributed by atoms with Crippen molar-refractivity contribution in [3.05, 3.63) is 24.4 Å². The molecule has 0 bridgehead atoms. The lowest BCUT2D eigenvalue weighted by Gasteiger charge is -2.39. The van der Waals surface area contributed by atoms with Gasteiger partial charge in [-0.25, -0.2) is 4.98 Å². The number of aliphatic hydroxyl groups is 1. The molecule has 2 fully saturated rings. The van der Waals surface area contributed by atoms with Crippen molar-refractivity contribution in [3.63, 3.8) is 0 Å². The van der Waals surface area contributed by atoms with Crippen LogP contribution in [0.4, 0.5) is 5.82 Å². The molecule has 5 nitrogen and oxygen atoms in total. The van der Waals surface area contributed by atoms with Crippen LogP contribution in [-0.4, -0.2) is 66.5 Å². The third-order valence-electron chi connectivity index (χ3n) is 5.69. The highest BCUT2D eigenvalue weighted by atomic mass is 16.5. The number of hydrogen-bond donors (Lipinski definition) is 1. The highest BCUT2D eigenvalue weighted by molar-refractivity contribution is 5.38. The van der Waals surface area contributed by atoms with Gasteiger partial charge >= 0.3 is 0 Å². The number of aromatic nitrogens is 1. The summed E-state index contributed by atoms with van der Waals surface area (Å²) in [4.78, 5) is 9.07. The first-order valence-corrected chi connectivity index (χ1v) is 10.1. The molecule has 1 N–H and O–H groups in total. The standard InChI is InChI=1S/C21H35N3O2/c1-17-12-19(14-21(2,3)13-17)26-16-18(25)15-23-8-10-24(11-9-23)20-6-4-5-7-22-20/h4-7,17-19,25H,8-16H2,1-3H3/t17-,18-,19+/m1/s1. The molecule has 5 heteroatoms. The molecule has 1 aliphatic heterocycles. The van der Waals surface area contributed by atoms with Crippen LogP contribution in [0.5, 0.6) is 0 Å². The number of ether oxygens (including phenoxy) is 1. The monoisotopic (exact) mass is 361 g/mol. The maximum atomic E-state index is 10.4. The number of β-amino-alcohol motifs (C(OH)–C–C–N with tert-alkyl or cyclic N) is 1. The second kappa shape index (κ2) is 8.68. The van der Waals surface area contributed by atoms with E-state index in [1.165, 1.54) is 6.42 Å². The van der Waals surface area contributed by atoms with E-state index in [0.29, 0.717) is 30.6 Å². The Labute approximate surface area is 158 Å². The Kier molecular flexibility index (Phi) is 6.54. The first-order valence-electron chi connectivity index (χ1n) is 10.1. The Balaban J connectivity index is 1.37. The van der Waals surface area contributed by atoms with E-state index < -0.39 is 6.10 Å². The van der Waals surface area contributed by atoms with E-state index in [9.17, 15) is 5.11 Å². The Morgan fingerprint density at radius 3 is 2.65 bits per heavy atom. The molecular weight excluding hydrogens is 326 g/mol. The summed E-state index contributed by atoms with van der Waals surface area (Å²) in [5.74, 6) is 1.76. The number of nitrogens with zero attached hydrogens (tertiary/aromatic N) is 3. The molecule has 1 aliphatic carbocycles. The molecule has 0 amide bonds. The van der Waals surface area contributed by atoms with E-state index in [4.69, 9.17) is 4.74 Å². The molecule has 3 atom stereocenters. The van der Waals surface area contributed by atoms with Crippen molar-refractivity contribution < 1.29 is 9.84 Å². The molecule has 2 heterocycles. The fourth-order valence-corrected chi connectivity index (χ4v) is 4.68. The predicted octanol–water partition coefficient (Wildman–Crippen LogP) is 2.80. The molecule has 1 aromatic rings. The van der Waals surface area contributed by atoms with Gasteiger partial charge in [0.15, 0.2) is 0 Å². The van der Waals surface area contributed by atoms with Crippen molar-refractivity contribution in [2.45, 2.75) is 52.2 Å². The first-order chi connectivity index (χ1) is 12.4. The van der Waals surface area contributed by atoms with Crippen LogP contribution in [-0.2, 0) is 4.74 Å². The lowest BCUT2D eigenvalue weighted by Crippen LogP contribution is -2.49. The van der Waals surface area contributed by atoms with Crippen molar-refractivity contribution >= 4 is 5.82 Å². The predicted molar refractivity (Wildman–Crippen MR) is 105 cm³/mol. The van der Waals surface area contributed by atoms with Gasteiger partial charge in [0.1, 0.15) is 5.82 Å². The Hall–Kier alpha value is -1.17. The largest absolute Gasteiger partial charge is 0.389 e. The molecule has 26 heavy (non-hydrogen) atoms. The number of aliphatic hydroxyl groups excluding tert-OH is 1. The summed E-state index contributed by atoms with van der Waals surface area (Å²) >= 11 is 0. The summed E-state index contributed by atoms with van der Waals surface area (Å²) in [6.45, 7) is 12.0. The number of rotatable bonds is 6. The third-order valence-corrected chi connectivity index (χ3v) is 5.69. The molecule has 1 aromatic heterocycles. The maximum Gasteiger partial charge on any atom is 0.128 e. The number of hydrogen-bond acceptors (Lipinski definition) is 5. The minimum Gasteiger partial charge on any atom is -0.389 e. The summed E-state index contributed by atoms with van der Waals surface area (Å²) in [5.41, 5.74) is 0.356.